The lowest BCUT2D eigenvalue weighted by Crippen LogP contribution is -2.36. The van der Waals surface area contributed by atoms with Gasteiger partial charge in [-0.3, -0.25) is 4.98 Å². The van der Waals surface area contributed by atoms with Crippen molar-refractivity contribution in [2.75, 3.05) is 31.2 Å². The maximum absolute atomic E-state index is 12.7. The highest BCUT2D eigenvalue weighted by Gasteiger charge is 2.29. The lowest BCUT2D eigenvalue weighted by atomic mass is 10.0. The third kappa shape index (κ3) is 3.35. The Balaban J connectivity index is 1.67. The fourth-order valence-electron chi connectivity index (χ4n) is 2.98. The summed E-state index contributed by atoms with van der Waals surface area (Å²) in [5.41, 5.74) is 2.32. The van der Waals surface area contributed by atoms with Crippen LogP contribution in [-0.2, 0) is 10.9 Å². The minimum Gasteiger partial charge on any atom is -0.378 e. The third-order valence-electron chi connectivity index (χ3n) is 4.41. The molecule has 1 aliphatic rings. The largest absolute Gasteiger partial charge is 0.416 e. The first kappa shape index (κ1) is 16.8. The van der Waals surface area contributed by atoms with Crippen LogP contribution in [-0.4, -0.2) is 36.3 Å². The van der Waals surface area contributed by atoms with Gasteiger partial charge in [-0.2, -0.15) is 13.2 Å². The van der Waals surface area contributed by atoms with Crippen LogP contribution in [0.2, 0.25) is 0 Å². The zero-order valence-electron chi connectivity index (χ0n) is 13.8. The van der Waals surface area contributed by atoms with Gasteiger partial charge in [-0.15, -0.1) is 0 Å². The normalized spacial score (nSPS) is 15.4. The Morgan fingerprint density at radius 3 is 2.27 bits per heavy atom. The van der Waals surface area contributed by atoms with Gasteiger partial charge in [0.2, 0.25) is 0 Å². The van der Waals surface area contributed by atoms with Crippen molar-refractivity contribution >= 4 is 16.9 Å². The molecule has 0 N–H and O–H groups in total. The van der Waals surface area contributed by atoms with Gasteiger partial charge in [0.15, 0.2) is 0 Å². The molecule has 1 saturated heterocycles. The highest BCUT2D eigenvalue weighted by Crippen LogP contribution is 2.31. The quantitative estimate of drug-likeness (QED) is 0.689. The van der Waals surface area contributed by atoms with Crippen LogP contribution in [0, 0.1) is 0 Å². The Morgan fingerprint density at radius 2 is 1.58 bits per heavy atom. The second kappa shape index (κ2) is 6.57. The Kier molecular flexibility index (Phi) is 4.24. The Labute approximate surface area is 148 Å². The van der Waals surface area contributed by atoms with Gasteiger partial charge in [-0.05, 0) is 35.4 Å². The van der Waals surface area contributed by atoms with E-state index in [2.05, 4.69) is 14.9 Å². The Morgan fingerprint density at radius 1 is 0.885 bits per heavy atom. The summed E-state index contributed by atoms with van der Waals surface area (Å²) in [4.78, 5) is 11.2. The highest BCUT2D eigenvalue weighted by atomic mass is 19.4. The summed E-state index contributed by atoms with van der Waals surface area (Å²) >= 11 is 0. The molecule has 1 fully saturated rings. The summed E-state index contributed by atoms with van der Waals surface area (Å²) in [7, 11) is 0. The fourth-order valence-corrected chi connectivity index (χ4v) is 2.98. The lowest BCUT2D eigenvalue weighted by Gasteiger charge is -2.27. The van der Waals surface area contributed by atoms with Crippen LogP contribution in [0.4, 0.5) is 19.0 Å². The van der Waals surface area contributed by atoms with Crippen molar-refractivity contribution in [1.82, 2.24) is 9.97 Å². The Bertz CT molecular complexity index is 919. The number of hydrogen-bond donors (Lipinski definition) is 0. The topological polar surface area (TPSA) is 38.2 Å². The first-order valence-electron chi connectivity index (χ1n) is 8.28. The molecule has 0 spiro atoms. The number of fused-ring (bicyclic) bond motifs is 1. The smallest absolute Gasteiger partial charge is 0.378 e. The fraction of sp³-hybridized carbons (Fsp3) is 0.263. The maximum atomic E-state index is 12.7. The van der Waals surface area contributed by atoms with Gasteiger partial charge >= 0.3 is 6.18 Å². The summed E-state index contributed by atoms with van der Waals surface area (Å²) in [6.45, 7) is 2.84. The molecule has 3 aromatic rings. The molecule has 0 bridgehead atoms. The van der Waals surface area contributed by atoms with Gasteiger partial charge in [0.1, 0.15) is 5.82 Å². The van der Waals surface area contributed by atoms with E-state index in [0.29, 0.717) is 24.3 Å². The minimum absolute atomic E-state index is 0.656. The van der Waals surface area contributed by atoms with E-state index in [1.165, 1.54) is 12.1 Å². The van der Waals surface area contributed by atoms with Gasteiger partial charge in [-0.25, -0.2) is 4.98 Å². The summed E-state index contributed by atoms with van der Waals surface area (Å²) in [5.74, 6) is 0.783. The van der Waals surface area contributed by atoms with Crippen LogP contribution in [0.5, 0.6) is 0 Å². The first-order valence-corrected chi connectivity index (χ1v) is 8.28. The van der Waals surface area contributed by atoms with E-state index in [1.807, 2.05) is 18.2 Å². The molecule has 1 aromatic heterocycles. The zero-order chi connectivity index (χ0) is 18.1. The van der Waals surface area contributed by atoms with Crippen LogP contribution < -0.4 is 4.90 Å². The van der Waals surface area contributed by atoms with Crippen molar-refractivity contribution in [2.45, 2.75) is 6.18 Å². The van der Waals surface area contributed by atoms with Crippen LogP contribution in [0.15, 0.2) is 48.7 Å². The third-order valence-corrected chi connectivity index (χ3v) is 4.41. The zero-order valence-corrected chi connectivity index (χ0v) is 13.8. The SMILES string of the molecule is FC(F)(F)c1ccc(-c2ccc3ncc(N4CCOCC4)nc3c2)cc1. The monoisotopic (exact) mass is 359 g/mol. The first-order chi connectivity index (χ1) is 12.5. The number of hydrogen-bond acceptors (Lipinski definition) is 4. The number of halogens is 3. The highest BCUT2D eigenvalue weighted by molar-refractivity contribution is 5.82. The van der Waals surface area contributed by atoms with Gasteiger partial charge in [0.25, 0.3) is 0 Å². The number of anilines is 1. The molecule has 0 radical (unpaired) electrons. The summed E-state index contributed by atoms with van der Waals surface area (Å²) < 4.78 is 43.5. The van der Waals surface area contributed by atoms with Crippen molar-refractivity contribution in [3.63, 3.8) is 0 Å². The van der Waals surface area contributed by atoms with Gasteiger partial charge in [0, 0.05) is 13.1 Å². The van der Waals surface area contributed by atoms with E-state index >= 15 is 0 Å². The van der Waals surface area contributed by atoms with E-state index in [0.717, 1.165) is 42.1 Å². The average Bonchev–Trinajstić information content (AvgIpc) is 2.67. The van der Waals surface area contributed by atoms with Crippen LogP contribution >= 0.6 is 0 Å². The standard InChI is InChI=1S/C19H16F3N3O/c20-19(21,22)15-4-1-13(2-5-15)14-3-6-16-17(11-14)24-18(12-23-16)25-7-9-26-10-8-25/h1-6,11-12H,7-10H2. The van der Waals surface area contributed by atoms with Crippen molar-refractivity contribution in [2.24, 2.45) is 0 Å². The number of nitrogens with zero attached hydrogens (tertiary/aromatic N) is 3. The molecule has 0 saturated carbocycles. The number of alkyl halides is 3. The lowest BCUT2D eigenvalue weighted by molar-refractivity contribution is -0.137. The molecule has 4 rings (SSSR count). The van der Waals surface area contributed by atoms with E-state index in [4.69, 9.17) is 4.74 Å². The predicted molar refractivity (Wildman–Crippen MR) is 93.0 cm³/mol. The van der Waals surface area contributed by atoms with Gasteiger partial charge < -0.3 is 9.64 Å². The number of morpholine rings is 1. The second-order valence-electron chi connectivity index (χ2n) is 6.11. The summed E-state index contributed by atoms with van der Waals surface area (Å²) in [6.07, 6.45) is -2.59. The van der Waals surface area contributed by atoms with Crippen molar-refractivity contribution in [3.8, 4) is 11.1 Å². The molecular formula is C19H16F3N3O. The van der Waals surface area contributed by atoms with Crippen LogP contribution in [0.25, 0.3) is 22.2 Å². The van der Waals surface area contributed by atoms with Gasteiger partial charge in [-0.1, -0.05) is 18.2 Å². The average molecular weight is 359 g/mol. The van der Waals surface area contributed by atoms with E-state index in [-0.39, 0.29) is 0 Å². The molecule has 0 amide bonds. The van der Waals surface area contributed by atoms with Crippen molar-refractivity contribution < 1.29 is 17.9 Å². The second-order valence-corrected chi connectivity index (χ2v) is 6.11. The molecule has 2 heterocycles. The maximum Gasteiger partial charge on any atom is 0.416 e. The van der Waals surface area contributed by atoms with E-state index in [9.17, 15) is 13.2 Å². The van der Waals surface area contributed by atoms with Crippen molar-refractivity contribution in [1.29, 1.82) is 0 Å². The number of aromatic nitrogens is 2. The van der Waals surface area contributed by atoms with Gasteiger partial charge in [0.05, 0.1) is 36.0 Å². The molecule has 4 nitrogen and oxygen atoms in total. The number of rotatable bonds is 2. The molecule has 1 aliphatic heterocycles. The van der Waals surface area contributed by atoms with Crippen LogP contribution in [0.3, 0.4) is 0 Å². The number of ether oxygens (including phenoxy) is 1. The number of benzene rings is 2. The molecule has 26 heavy (non-hydrogen) atoms. The Hall–Kier alpha value is -2.67. The van der Waals surface area contributed by atoms with E-state index < -0.39 is 11.7 Å². The molecule has 0 aliphatic carbocycles. The molecular weight excluding hydrogens is 343 g/mol. The predicted octanol–water partition coefficient (Wildman–Crippen LogP) is 4.15. The molecule has 2 aromatic carbocycles. The minimum atomic E-state index is -4.33. The molecule has 134 valence electrons. The van der Waals surface area contributed by atoms with E-state index in [1.54, 1.807) is 6.20 Å². The molecule has 0 atom stereocenters. The molecule has 0 unspecified atom stereocenters. The summed E-state index contributed by atoms with van der Waals surface area (Å²) in [6, 6.07) is 10.7. The summed E-state index contributed by atoms with van der Waals surface area (Å²) in [5, 5.41) is 0. The van der Waals surface area contributed by atoms with Crippen molar-refractivity contribution in [3.05, 3.63) is 54.2 Å². The van der Waals surface area contributed by atoms with Crippen LogP contribution in [0.1, 0.15) is 5.56 Å². The molecule has 7 heteroatoms.